The summed E-state index contributed by atoms with van der Waals surface area (Å²) in [5.41, 5.74) is 11.2. The van der Waals surface area contributed by atoms with Crippen molar-refractivity contribution in [1.82, 2.24) is 14.5 Å². The molecule has 0 bridgehead atoms. The fraction of sp³-hybridized carbons (Fsp3) is 0.261. The number of pyridine rings is 1. The van der Waals surface area contributed by atoms with Gasteiger partial charge >= 0.3 is 0 Å². The van der Waals surface area contributed by atoms with E-state index in [9.17, 15) is 4.79 Å². The zero-order valence-corrected chi connectivity index (χ0v) is 17.2. The number of fused-ring (bicyclic) bond motifs is 3. The molecule has 0 saturated heterocycles. The molecule has 7 nitrogen and oxygen atoms in total. The monoisotopic (exact) mass is 403 g/mol. The Bertz CT molecular complexity index is 1200. The van der Waals surface area contributed by atoms with Crippen LogP contribution in [0, 0.1) is 0 Å². The average Bonchev–Trinajstić information content (AvgIpc) is 3.15. The van der Waals surface area contributed by atoms with Crippen molar-refractivity contribution in [3.8, 4) is 0 Å². The average molecular weight is 403 g/mol. The second-order valence-corrected chi connectivity index (χ2v) is 7.18. The van der Waals surface area contributed by atoms with Crippen LogP contribution in [-0.4, -0.2) is 41.6 Å². The first-order valence-corrected chi connectivity index (χ1v) is 9.91. The fourth-order valence-electron chi connectivity index (χ4n) is 3.72. The molecule has 0 saturated carbocycles. The van der Waals surface area contributed by atoms with Crippen LogP contribution < -0.4 is 11.1 Å². The minimum Gasteiger partial charge on any atom is -0.384 e. The SMILES string of the molecule is CNc1nc2cc(C=O)ccc2c2c1nc(CCOC)n2Cc1ccc(CN)cc1. The van der Waals surface area contributed by atoms with Crippen LogP contribution in [0.3, 0.4) is 0 Å². The Labute approximate surface area is 174 Å². The highest BCUT2D eigenvalue weighted by Crippen LogP contribution is 2.31. The summed E-state index contributed by atoms with van der Waals surface area (Å²) in [5.74, 6) is 1.62. The Morgan fingerprint density at radius 2 is 1.90 bits per heavy atom. The Morgan fingerprint density at radius 1 is 1.13 bits per heavy atom. The first-order chi connectivity index (χ1) is 14.7. The van der Waals surface area contributed by atoms with Gasteiger partial charge in [0.2, 0.25) is 0 Å². The van der Waals surface area contributed by atoms with Gasteiger partial charge in [-0.1, -0.05) is 30.3 Å². The van der Waals surface area contributed by atoms with Gasteiger partial charge in [-0.05, 0) is 23.3 Å². The lowest BCUT2D eigenvalue weighted by atomic mass is 10.1. The van der Waals surface area contributed by atoms with Crippen molar-refractivity contribution in [3.05, 3.63) is 65.0 Å². The number of nitrogens with zero attached hydrogens (tertiary/aromatic N) is 3. The lowest BCUT2D eigenvalue weighted by Gasteiger charge is -2.12. The van der Waals surface area contributed by atoms with E-state index < -0.39 is 0 Å². The number of rotatable bonds is 8. The molecule has 0 aliphatic rings. The molecule has 4 aromatic rings. The van der Waals surface area contributed by atoms with E-state index in [1.165, 1.54) is 0 Å². The molecule has 2 aromatic carbocycles. The maximum atomic E-state index is 11.3. The highest BCUT2D eigenvalue weighted by atomic mass is 16.5. The van der Waals surface area contributed by atoms with Crippen LogP contribution in [0.25, 0.3) is 21.9 Å². The van der Waals surface area contributed by atoms with E-state index in [-0.39, 0.29) is 0 Å². The second kappa shape index (κ2) is 8.61. The number of carbonyl (C=O) groups excluding carboxylic acids is 1. The number of aromatic nitrogens is 3. The highest BCUT2D eigenvalue weighted by Gasteiger charge is 2.18. The van der Waals surface area contributed by atoms with Gasteiger partial charge in [-0.3, -0.25) is 4.79 Å². The van der Waals surface area contributed by atoms with E-state index in [4.69, 9.17) is 20.4 Å². The zero-order chi connectivity index (χ0) is 21.1. The molecular weight excluding hydrogens is 378 g/mol. The summed E-state index contributed by atoms with van der Waals surface area (Å²) in [5, 5.41) is 4.12. The van der Waals surface area contributed by atoms with Crippen LogP contribution in [0.1, 0.15) is 27.3 Å². The van der Waals surface area contributed by atoms with Crippen molar-refractivity contribution in [2.45, 2.75) is 19.5 Å². The second-order valence-electron chi connectivity index (χ2n) is 7.18. The fourth-order valence-corrected chi connectivity index (χ4v) is 3.72. The number of ether oxygens (including phenoxy) is 1. The number of nitrogens with one attached hydrogen (secondary N) is 1. The minimum absolute atomic E-state index is 0.522. The topological polar surface area (TPSA) is 95.1 Å². The molecule has 0 spiro atoms. The summed E-state index contributed by atoms with van der Waals surface area (Å²) in [7, 11) is 3.52. The number of hydrogen-bond acceptors (Lipinski definition) is 6. The number of aldehydes is 1. The standard InChI is InChI=1S/C23H25N5O2/c1-25-23-21-22(18-8-7-17(14-29)11-19(18)26-23)28(20(27-21)9-10-30-2)13-16-5-3-15(12-24)4-6-16/h3-8,11,14H,9-10,12-13,24H2,1-2H3,(H,25,26). The van der Waals surface area contributed by atoms with E-state index in [0.717, 1.165) is 45.2 Å². The Hall–Kier alpha value is -3.29. The Balaban J connectivity index is 1.95. The summed E-state index contributed by atoms with van der Waals surface area (Å²) in [4.78, 5) is 20.9. The smallest absolute Gasteiger partial charge is 0.154 e. The van der Waals surface area contributed by atoms with E-state index >= 15 is 0 Å². The molecule has 2 heterocycles. The summed E-state index contributed by atoms with van der Waals surface area (Å²) in [6.45, 7) is 1.76. The van der Waals surface area contributed by atoms with Crippen LogP contribution >= 0.6 is 0 Å². The van der Waals surface area contributed by atoms with Crippen LogP contribution in [-0.2, 0) is 24.2 Å². The molecule has 30 heavy (non-hydrogen) atoms. The third-order valence-electron chi connectivity index (χ3n) is 5.28. The van der Waals surface area contributed by atoms with Crippen molar-refractivity contribution in [2.75, 3.05) is 26.1 Å². The maximum Gasteiger partial charge on any atom is 0.154 e. The van der Waals surface area contributed by atoms with Gasteiger partial charge in [-0.2, -0.15) is 0 Å². The van der Waals surface area contributed by atoms with Crippen LogP contribution in [0.15, 0.2) is 42.5 Å². The first-order valence-electron chi connectivity index (χ1n) is 9.91. The quantitative estimate of drug-likeness (QED) is 0.439. The highest BCUT2D eigenvalue weighted by molar-refractivity contribution is 6.08. The Morgan fingerprint density at radius 3 is 2.57 bits per heavy atom. The normalized spacial score (nSPS) is 11.3. The third kappa shape index (κ3) is 3.65. The van der Waals surface area contributed by atoms with Gasteiger partial charge in [0.1, 0.15) is 17.6 Å². The number of benzene rings is 2. The number of nitrogens with two attached hydrogens (primary N) is 1. The predicted molar refractivity (Wildman–Crippen MR) is 119 cm³/mol. The summed E-state index contributed by atoms with van der Waals surface area (Å²) < 4.78 is 7.53. The first kappa shape index (κ1) is 20.0. The molecule has 0 amide bonds. The largest absolute Gasteiger partial charge is 0.384 e. The summed E-state index contributed by atoms with van der Waals surface area (Å²) in [6, 6.07) is 13.9. The van der Waals surface area contributed by atoms with E-state index in [0.29, 0.717) is 37.5 Å². The molecule has 0 unspecified atom stereocenters. The van der Waals surface area contributed by atoms with Crippen LogP contribution in [0.5, 0.6) is 0 Å². The molecule has 0 fully saturated rings. The van der Waals surface area contributed by atoms with Crippen molar-refractivity contribution in [3.63, 3.8) is 0 Å². The predicted octanol–water partition coefficient (Wildman–Crippen LogP) is 3.13. The van der Waals surface area contributed by atoms with E-state index in [1.54, 1.807) is 7.11 Å². The van der Waals surface area contributed by atoms with Crippen LogP contribution in [0.4, 0.5) is 5.82 Å². The van der Waals surface area contributed by atoms with E-state index in [2.05, 4.69) is 34.1 Å². The van der Waals surface area contributed by atoms with Crippen molar-refractivity contribution in [2.24, 2.45) is 5.73 Å². The van der Waals surface area contributed by atoms with Gasteiger partial charge in [-0.25, -0.2) is 9.97 Å². The molecule has 0 radical (unpaired) electrons. The number of hydrogen-bond donors (Lipinski definition) is 2. The molecule has 2 aromatic heterocycles. The van der Waals surface area contributed by atoms with Crippen LogP contribution in [0.2, 0.25) is 0 Å². The molecule has 3 N–H and O–H groups in total. The molecular formula is C23H25N5O2. The molecule has 4 rings (SSSR count). The van der Waals surface area contributed by atoms with Crippen molar-refractivity contribution in [1.29, 1.82) is 0 Å². The molecule has 154 valence electrons. The molecule has 0 aliphatic carbocycles. The van der Waals surface area contributed by atoms with Gasteiger partial charge in [0.05, 0.1) is 17.6 Å². The number of carbonyl (C=O) groups is 1. The summed E-state index contributed by atoms with van der Waals surface area (Å²) >= 11 is 0. The van der Waals surface area contributed by atoms with E-state index in [1.807, 2.05) is 25.2 Å². The third-order valence-corrected chi connectivity index (χ3v) is 5.28. The number of methoxy groups -OCH3 is 1. The minimum atomic E-state index is 0.522. The van der Waals surface area contributed by atoms with Gasteiger partial charge in [0, 0.05) is 44.6 Å². The van der Waals surface area contributed by atoms with Crippen molar-refractivity contribution < 1.29 is 9.53 Å². The lowest BCUT2D eigenvalue weighted by Crippen LogP contribution is -2.08. The van der Waals surface area contributed by atoms with Gasteiger partial charge < -0.3 is 20.4 Å². The zero-order valence-electron chi connectivity index (χ0n) is 17.2. The Kier molecular flexibility index (Phi) is 5.74. The van der Waals surface area contributed by atoms with Gasteiger partial charge in [0.25, 0.3) is 0 Å². The molecule has 0 atom stereocenters. The van der Waals surface area contributed by atoms with Crippen molar-refractivity contribution >= 4 is 34.0 Å². The number of anilines is 1. The molecule has 0 aliphatic heterocycles. The van der Waals surface area contributed by atoms with Gasteiger partial charge in [0.15, 0.2) is 5.82 Å². The summed E-state index contributed by atoms with van der Waals surface area (Å²) in [6.07, 6.45) is 1.52. The number of imidazole rings is 1. The van der Waals surface area contributed by atoms with Gasteiger partial charge in [-0.15, -0.1) is 0 Å². The molecule has 7 heteroatoms. The lowest BCUT2D eigenvalue weighted by molar-refractivity contribution is 0.112. The maximum absolute atomic E-state index is 11.3.